The van der Waals surface area contributed by atoms with Crippen molar-refractivity contribution >= 4 is 5.82 Å². The molecule has 0 saturated heterocycles. The number of nitrogens with two attached hydrogens (primary N) is 1. The summed E-state index contributed by atoms with van der Waals surface area (Å²) in [6.45, 7) is 6.70. The van der Waals surface area contributed by atoms with E-state index in [1.165, 1.54) is 0 Å². The van der Waals surface area contributed by atoms with Crippen LogP contribution in [-0.2, 0) is 12.0 Å². The second kappa shape index (κ2) is 4.77. The van der Waals surface area contributed by atoms with Gasteiger partial charge in [0.25, 0.3) is 0 Å². The summed E-state index contributed by atoms with van der Waals surface area (Å²) in [4.78, 5) is 8.78. The van der Waals surface area contributed by atoms with Crippen molar-refractivity contribution in [1.82, 2.24) is 14.5 Å². The first-order chi connectivity index (χ1) is 8.95. The van der Waals surface area contributed by atoms with Crippen molar-refractivity contribution in [2.45, 2.75) is 32.7 Å². The molecule has 0 amide bonds. The number of hydrogen-bond acceptors (Lipinski definition) is 3. The summed E-state index contributed by atoms with van der Waals surface area (Å²) < 4.78 is 1.89. The van der Waals surface area contributed by atoms with E-state index in [4.69, 9.17) is 12.2 Å². The molecule has 0 atom stereocenters. The molecule has 0 aromatic carbocycles. The third kappa shape index (κ3) is 2.45. The summed E-state index contributed by atoms with van der Waals surface area (Å²) in [5, 5.41) is 0. The van der Waals surface area contributed by atoms with Crippen molar-refractivity contribution < 1.29 is 0 Å². The van der Waals surface area contributed by atoms with Crippen LogP contribution in [0.15, 0.2) is 24.5 Å². The van der Waals surface area contributed by atoms with E-state index in [9.17, 15) is 0 Å². The summed E-state index contributed by atoms with van der Waals surface area (Å²) in [6, 6.07) is 3.81. The minimum Gasteiger partial charge on any atom is -0.383 e. The van der Waals surface area contributed by atoms with Crippen molar-refractivity contribution in [3.63, 3.8) is 0 Å². The lowest BCUT2D eigenvalue weighted by atomic mass is 9.95. The molecule has 2 heterocycles. The van der Waals surface area contributed by atoms with Crippen LogP contribution in [0.25, 0.3) is 11.3 Å². The Bertz CT molecular complexity index is 612. The number of terminal acetylenes is 1. The molecule has 0 radical (unpaired) electrons. The largest absolute Gasteiger partial charge is 0.383 e. The summed E-state index contributed by atoms with van der Waals surface area (Å²) in [7, 11) is 0. The monoisotopic (exact) mass is 254 g/mol. The van der Waals surface area contributed by atoms with Crippen molar-refractivity contribution in [1.29, 1.82) is 0 Å². The van der Waals surface area contributed by atoms with Gasteiger partial charge in [-0.15, -0.1) is 6.42 Å². The maximum absolute atomic E-state index is 6.20. The molecule has 0 spiro atoms. The molecule has 0 bridgehead atoms. The highest BCUT2D eigenvalue weighted by molar-refractivity contribution is 5.70. The Labute approximate surface area is 113 Å². The zero-order valence-electron chi connectivity index (χ0n) is 11.5. The maximum Gasteiger partial charge on any atom is 0.132 e. The number of aromatic nitrogens is 3. The van der Waals surface area contributed by atoms with Crippen LogP contribution in [0.3, 0.4) is 0 Å². The summed E-state index contributed by atoms with van der Waals surface area (Å²) in [5.41, 5.74) is 7.72. The summed E-state index contributed by atoms with van der Waals surface area (Å²) >= 11 is 0. The van der Waals surface area contributed by atoms with Crippen LogP contribution in [0, 0.1) is 12.3 Å². The molecule has 0 aliphatic heterocycles. The number of rotatable bonds is 2. The molecular weight excluding hydrogens is 236 g/mol. The van der Waals surface area contributed by atoms with Gasteiger partial charge in [0, 0.05) is 23.4 Å². The van der Waals surface area contributed by atoms with Gasteiger partial charge >= 0.3 is 0 Å². The van der Waals surface area contributed by atoms with E-state index in [0.29, 0.717) is 12.4 Å². The molecular formula is C15H18N4. The number of anilines is 1. The summed E-state index contributed by atoms with van der Waals surface area (Å²) in [6.07, 6.45) is 8.90. The van der Waals surface area contributed by atoms with E-state index in [-0.39, 0.29) is 5.41 Å². The molecule has 0 aliphatic carbocycles. The highest BCUT2D eigenvalue weighted by Crippen LogP contribution is 2.31. The van der Waals surface area contributed by atoms with Gasteiger partial charge < -0.3 is 10.3 Å². The van der Waals surface area contributed by atoms with Gasteiger partial charge in [-0.3, -0.25) is 4.98 Å². The molecule has 0 saturated carbocycles. The lowest BCUT2D eigenvalue weighted by Gasteiger charge is -2.18. The minimum atomic E-state index is -0.120. The van der Waals surface area contributed by atoms with E-state index in [1.807, 2.05) is 16.7 Å². The Hall–Kier alpha value is -2.28. The van der Waals surface area contributed by atoms with E-state index < -0.39 is 0 Å². The van der Waals surface area contributed by atoms with Crippen LogP contribution >= 0.6 is 0 Å². The Balaban J connectivity index is 2.63. The van der Waals surface area contributed by atoms with E-state index in [1.54, 1.807) is 12.4 Å². The fourth-order valence-corrected chi connectivity index (χ4v) is 2.00. The Morgan fingerprint density at radius 3 is 2.68 bits per heavy atom. The highest BCUT2D eigenvalue weighted by atomic mass is 15.1. The molecule has 0 unspecified atom stereocenters. The average molecular weight is 254 g/mol. The molecule has 2 aromatic rings. The minimum absolute atomic E-state index is 0.120. The first-order valence-corrected chi connectivity index (χ1v) is 6.15. The molecule has 4 heteroatoms. The van der Waals surface area contributed by atoms with Crippen LogP contribution in [0.2, 0.25) is 0 Å². The molecule has 0 fully saturated rings. The molecule has 19 heavy (non-hydrogen) atoms. The van der Waals surface area contributed by atoms with Gasteiger partial charge in [0.05, 0.1) is 6.54 Å². The van der Waals surface area contributed by atoms with Crippen LogP contribution in [0.5, 0.6) is 0 Å². The van der Waals surface area contributed by atoms with Crippen molar-refractivity contribution in [2.75, 3.05) is 5.73 Å². The number of hydrogen-bond donors (Lipinski definition) is 1. The van der Waals surface area contributed by atoms with Gasteiger partial charge in [-0.25, -0.2) is 4.98 Å². The molecule has 2 aromatic heterocycles. The molecule has 2 rings (SSSR count). The zero-order valence-corrected chi connectivity index (χ0v) is 11.5. The van der Waals surface area contributed by atoms with E-state index in [2.05, 4.69) is 36.7 Å². The maximum atomic E-state index is 6.20. The second-order valence-electron chi connectivity index (χ2n) is 5.45. The lowest BCUT2D eigenvalue weighted by molar-refractivity contribution is 0.517. The number of nitrogens with zero attached hydrogens (tertiary/aromatic N) is 3. The summed E-state index contributed by atoms with van der Waals surface area (Å²) in [5.74, 6) is 4.11. The van der Waals surface area contributed by atoms with E-state index >= 15 is 0 Å². The fourth-order valence-electron chi connectivity index (χ4n) is 2.00. The average Bonchev–Trinajstić information content (AvgIpc) is 2.69. The Kier molecular flexibility index (Phi) is 3.30. The fraction of sp³-hybridized carbons (Fsp3) is 0.333. The smallest absolute Gasteiger partial charge is 0.132 e. The van der Waals surface area contributed by atoms with Crippen molar-refractivity contribution in [2.24, 2.45) is 0 Å². The quantitative estimate of drug-likeness (QED) is 0.837. The van der Waals surface area contributed by atoms with Crippen LogP contribution in [0.4, 0.5) is 5.82 Å². The van der Waals surface area contributed by atoms with Gasteiger partial charge in [-0.1, -0.05) is 26.7 Å². The molecule has 4 nitrogen and oxygen atoms in total. The van der Waals surface area contributed by atoms with Gasteiger partial charge in [0.15, 0.2) is 0 Å². The molecule has 98 valence electrons. The lowest BCUT2D eigenvalue weighted by Crippen LogP contribution is -2.19. The Morgan fingerprint density at radius 2 is 2.16 bits per heavy atom. The SMILES string of the molecule is C#CCn1c(C(C)(C)C)nc(-c2cccnc2)c1N. The molecule has 2 N–H and O–H groups in total. The number of nitrogen functional groups attached to an aromatic ring is 1. The standard InChI is InChI=1S/C15H18N4/c1-5-9-19-13(16)12(11-7-6-8-17-10-11)18-14(19)15(2,3)4/h1,6-8,10H,9,16H2,2-4H3. The predicted octanol–water partition coefficient (Wildman–Crippen LogP) is 2.46. The van der Waals surface area contributed by atoms with Gasteiger partial charge in [0.1, 0.15) is 17.3 Å². The Morgan fingerprint density at radius 1 is 1.42 bits per heavy atom. The third-order valence-corrected chi connectivity index (χ3v) is 2.86. The van der Waals surface area contributed by atoms with Crippen LogP contribution < -0.4 is 5.73 Å². The van der Waals surface area contributed by atoms with Crippen LogP contribution in [0.1, 0.15) is 26.6 Å². The first kappa shape index (κ1) is 13.2. The van der Waals surface area contributed by atoms with Gasteiger partial charge in [-0.05, 0) is 12.1 Å². The van der Waals surface area contributed by atoms with Crippen molar-refractivity contribution in [3.8, 4) is 23.6 Å². The second-order valence-corrected chi connectivity index (χ2v) is 5.45. The van der Waals surface area contributed by atoms with Gasteiger partial charge in [0.2, 0.25) is 0 Å². The van der Waals surface area contributed by atoms with Crippen LogP contribution in [-0.4, -0.2) is 14.5 Å². The third-order valence-electron chi connectivity index (χ3n) is 2.86. The zero-order chi connectivity index (χ0) is 14.0. The highest BCUT2D eigenvalue weighted by Gasteiger charge is 2.25. The first-order valence-electron chi connectivity index (χ1n) is 6.15. The predicted molar refractivity (Wildman–Crippen MR) is 77.4 cm³/mol. The topological polar surface area (TPSA) is 56.7 Å². The number of pyridine rings is 1. The number of imidazole rings is 1. The molecule has 0 aliphatic rings. The van der Waals surface area contributed by atoms with Gasteiger partial charge in [-0.2, -0.15) is 0 Å². The van der Waals surface area contributed by atoms with Crippen molar-refractivity contribution in [3.05, 3.63) is 30.4 Å². The normalized spacial score (nSPS) is 11.3. The van der Waals surface area contributed by atoms with E-state index in [0.717, 1.165) is 17.1 Å².